The number of fused-ring (bicyclic) bond motifs is 1. The van der Waals surface area contributed by atoms with E-state index in [4.69, 9.17) is 5.73 Å². The molecule has 0 aliphatic heterocycles. The molecule has 4 heterocycles. The van der Waals surface area contributed by atoms with E-state index in [1.165, 1.54) is 0 Å². The van der Waals surface area contributed by atoms with Gasteiger partial charge in [0.05, 0.1) is 15.6 Å². The van der Waals surface area contributed by atoms with Crippen molar-refractivity contribution in [2.75, 3.05) is 5.73 Å². The number of aromatic nitrogens is 5. The Bertz CT molecular complexity index is 957. The smallest absolute Gasteiger partial charge is 0.240 e. The maximum atomic E-state index is 5.76. The van der Waals surface area contributed by atoms with Crippen molar-refractivity contribution in [1.82, 2.24) is 24.6 Å². The second-order valence-corrected chi connectivity index (χ2v) is 6.09. The summed E-state index contributed by atoms with van der Waals surface area (Å²) in [5, 5.41) is 5.28. The van der Waals surface area contributed by atoms with E-state index in [2.05, 4.69) is 26.1 Å². The molecule has 0 fully saturated rings. The molecule has 0 bridgehead atoms. The van der Waals surface area contributed by atoms with Crippen molar-refractivity contribution in [2.24, 2.45) is 0 Å². The van der Waals surface area contributed by atoms with Gasteiger partial charge in [-0.1, -0.05) is 6.07 Å². The van der Waals surface area contributed by atoms with Gasteiger partial charge in [-0.15, -0.1) is 16.4 Å². The van der Waals surface area contributed by atoms with Gasteiger partial charge in [-0.2, -0.15) is 4.98 Å². The predicted octanol–water partition coefficient (Wildman–Crippen LogP) is 2.81. The quantitative estimate of drug-likeness (QED) is 0.616. The molecule has 0 aliphatic rings. The average Bonchev–Trinajstić information content (AvgIpc) is 3.12. The fourth-order valence-corrected chi connectivity index (χ4v) is 3.14. The lowest BCUT2D eigenvalue weighted by atomic mass is 10.1. The van der Waals surface area contributed by atoms with Crippen LogP contribution in [0.1, 0.15) is 5.01 Å². The summed E-state index contributed by atoms with van der Waals surface area (Å²) in [6, 6.07) is 7.94. The maximum absolute atomic E-state index is 5.76. The molecule has 22 heavy (non-hydrogen) atoms. The van der Waals surface area contributed by atoms with Crippen LogP contribution >= 0.6 is 11.3 Å². The van der Waals surface area contributed by atoms with E-state index >= 15 is 0 Å². The number of nitrogens with two attached hydrogens (primary N) is 1. The SMILES string of the molecule is Cc1ncc(-c2cc(-c3cccnc3)cc3nc(N)nn23)s1. The first-order valence-electron chi connectivity index (χ1n) is 6.70. The number of anilines is 1. The molecule has 4 aromatic rings. The summed E-state index contributed by atoms with van der Waals surface area (Å²) in [4.78, 5) is 13.8. The highest BCUT2D eigenvalue weighted by Gasteiger charge is 2.13. The van der Waals surface area contributed by atoms with Crippen LogP contribution in [0.3, 0.4) is 0 Å². The number of nitrogens with zero attached hydrogens (tertiary/aromatic N) is 5. The van der Waals surface area contributed by atoms with E-state index < -0.39 is 0 Å². The first-order valence-corrected chi connectivity index (χ1v) is 7.52. The van der Waals surface area contributed by atoms with E-state index in [-0.39, 0.29) is 5.95 Å². The summed E-state index contributed by atoms with van der Waals surface area (Å²) in [6.45, 7) is 1.98. The normalized spacial score (nSPS) is 11.1. The highest BCUT2D eigenvalue weighted by Crippen LogP contribution is 2.30. The standard InChI is InChI=1S/C15H12N6S/c1-9-18-8-13(22-9)12-5-11(10-3-2-4-17-7-10)6-14-19-15(16)20-21(12)14/h2-8H,1H3,(H2,16,20). The zero-order valence-corrected chi connectivity index (χ0v) is 12.6. The number of hydrogen-bond acceptors (Lipinski definition) is 6. The molecule has 0 saturated carbocycles. The van der Waals surface area contributed by atoms with E-state index in [1.807, 2.05) is 37.5 Å². The van der Waals surface area contributed by atoms with Gasteiger partial charge in [-0.05, 0) is 30.7 Å². The van der Waals surface area contributed by atoms with Crippen molar-refractivity contribution >= 4 is 22.9 Å². The molecule has 4 aromatic heterocycles. The largest absolute Gasteiger partial charge is 0.366 e. The Morgan fingerprint density at radius 1 is 1.18 bits per heavy atom. The van der Waals surface area contributed by atoms with Crippen LogP contribution in [0.15, 0.2) is 42.9 Å². The molecule has 0 aromatic carbocycles. The van der Waals surface area contributed by atoms with Crippen LogP contribution in [0.5, 0.6) is 0 Å². The molecule has 0 unspecified atom stereocenters. The van der Waals surface area contributed by atoms with Crippen LogP contribution in [0, 0.1) is 6.92 Å². The van der Waals surface area contributed by atoms with Gasteiger partial charge >= 0.3 is 0 Å². The van der Waals surface area contributed by atoms with Crippen molar-refractivity contribution in [3.63, 3.8) is 0 Å². The molecule has 0 saturated heterocycles. The van der Waals surface area contributed by atoms with E-state index in [1.54, 1.807) is 22.0 Å². The lowest BCUT2D eigenvalue weighted by molar-refractivity contribution is 0.979. The molecule has 0 spiro atoms. The van der Waals surface area contributed by atoms with Crippen LogP contribution in [-0.2, 0) is 0 Å². The Kier molecular flexibility index (Phi) is 2.87. The summed E-state index contributed by atoms with van der Waals surface area (Å²) >= 11 is 1.61. The Labute approximate surface area is 130 Å². The molecule has 0 radical (unpaired) electrons. The fourth-order valence-electron chi connectivity index (χ4n) is 2.36. The maximum Gasteiger partial charge on any atom is 0.240 e. The minimum absolute atomic E-state index is 0.255. The minimum Gasteiger partial charge on any atom is -0.366 e. The lowest BCUT2D eigenvalue weighted by Gasteiger charge is -2.06. The van der Waals surface area contributed by atoms with Gasteiger partial charge in [0, 0.05) is 24.2 Å². The number of rotatable bonds is 2. The molecule has 2 N–H and O–H groups in total. The number of nitrogen functional groups attached to an aromatic ring is 1. The fraction of sp³-hybridized carbons (Fsp3) is 0.0667. The third-order valence-corrected chi connectivity index (χ3v) is 4.26. The summed E-state index contributed by atoms with van der Waals surface area (Å²) in [6.07, 6.45) is 5.43. The zero-order valence-electron chi connectivity index (χ0n) is 11.8. The molecule has 0 amide bonds. The molecule has 0 atom stereocenters. The lowest BCUT2D eigenvalue weighted by Crippen LogP contribution is -1.95. The van der Waals surface area contributed by atoms with Gasteiger partial charge in [-0.3, -0.25) is 4.98 Å². The van der Waals surface area contributed by atoms with E-state index in [0.29, 0.717) is 5.65 Å². The third-order valence-electron chi connectivity index (χ3n) is 3.32. The van der Waals surface area contributed by atoms with E-state index in [9.17, 15) is 0 Å². The number of thiazole rings is 1. The summed E-state index contributed by atoms with van der Waals surface area (Å²) in [5.41, 5.74) is 9.44. The zero-order chi connectivity index (χ0) is 15.1. The van der Waals surface area contributed by atoms with Crippen molar-refractivity contribution in [3.8, 4) is 21.7 Å². The molecular weight excluding hydrogens is 296 g/mol. The Morgan fingerprint density at radius 3 is 2.82 bits per heavy atom. The second kappa shape index (κ2) is 4.88. The van der Waals surface area contributed by atoms with Crippen LogP contribution in [0.2, 0.25) is 0 Å². The number of aryl methyl sites for hydroxylation is 1. The summed E-state index contributed by atoms with van der Waals surface area (Å²) in [5.74, 6) is 0.255. The minimum atomic E-state index is 0.255. The third kappa shape index (κ3) is 2.11. The summed E-state index contributed by atoms with van der Waals surface area (Å²) < 4.78 is 1.75. The first kappa shape index (κ1) is 12.9. The summed E-state index contributed by atoms with van der Waals surface area (Å²) in [7, 11) is 0. The van der Waals surface area contributed by atoms with Gasteiger partial charge in [0.1, 0.15) is 0 Å². The van der Waals surface area contributed by atoms with Gasteiger partial charge in [-0.25, -0.2) is 9.50 Å². The topological polar surface area (TPSA) is 82.0 Å². The molecular formula is C15H12N6S. The van der Waals surface area contributed by atoms with Crippen LogP contribution in [0.4, 0.5) is 5.95 Å². The Hall–Kier alpha value is -2.80. The van der Waals surface area contributed by atoms with Gasteiger partial charge < -0.3 is 5.73 Å². The van der Waals surface area contributed by atoms with Crippen molar-refractivity contribution < 1.29 is 0 Å². The molecule has 0 aliphatic carbocycles. The Balaban J connectivity index is 2.01. The Morgan fingerprint density at radius 2 is 2.09 bits per heavy atom. The second-order valence-electron chi connectivity index (χ2n) is 4.85. The molecule has 108 valence electrons. The molecule has 4 rings (SSSR count). The van der Waals surface area contributed by atoms with Crippen LogP contribution in [-0.4, -0.2) is 24.6 Å². The van der Waals surface area contributed by atoms with Crippen LogP contribution in [0.25, 0.3) is 27.3 Å². The van der Waals surface area contributed by atoms with Crippen molar-refractivity contribution in [1.29, 1.82) is 0 Å². The van der Waals surface area contributed by atoms with Gasteiger partial charge in [0.15, 0.2) is 5.65 Å². The van der Waals surface area contributed by atoms with Crippen LogP contribution < -0.4 is 5.73 Å². The molecule has 7 heteroatoms. The number of hydrogen-bond donors (Lipinski definition) is 1. The highest BCUT2D eigenvalue weighted by molar-refractivity contribution is 7.15. The van der Waals surface area contributed by atoms with Crippen molar-refractivity contribution in [2.45, 2.75) is 6.92 Å². The molecule has 6 nitrogen and oxygen atoms in total. The highest BCUT2D eigenvalue weighted by atomic mass is 32.1. The first-order chi connectivity index (χ1) is 10.7. The predicted molar refractivity (Wildman–Crippen MR) is 86.5 cm³/mol. The average molecular weight is 308 g/mol. The van der Waals surface area contributed by atoms with E-state index in [0.717, 1.165) is 26.7 Å². The number of pyridine rings is 2. The van der Waals surface area contributed by atoms with Gasteiger partial charge in [0.25, 0.3) is 0 Å². The van der Waals surface area contributed by atoms with Gasteiger partial charge in [0.2, 0.25) is 5.95 Å². The van der Waals surface area contributed by atoms with Crippen molar-refractivity contribution in [3.05, 3.63) is 47.9 Å². The monoisotopic (exact) mass is 308 g/mol.